The van der Waals surface area contributed by atoms with Crippen LogP contribution >= 0.6 is 0 Å². The molecule has 0 rings (SSSR count). The second-order valence-electron chi connectivity index (χ2n) is 1.64. The molecule has 0 aromatic carbocycles. The van der Waals surface area contributed by atoms with Gasteiger partial charge >= 0.3 is 0 Å². The SMILES string of the molecule is CCO.CCOCCC(=O)[O-]. The molecule has 0 spiro atoms. The van der Waals surface area contributed by atoms with Gasteiger partial charge in [0.05, 0.1) is 6.61 Å². The van der Waals surface area contributed by atoms with E-state index >= 15 is 0 Å². The maximum Gasteiger partial charge on any atom is 0.0518 e. The molecule has 0 saturated heterocycles. The highest BCUT2D eigenvalue weighted by Crippen LogP contribution is 1.77. The van der Waals surface area contributed by atoms with Crippen LogP contribution in [-0.4, -0.2) is 30.9 Å². The van der Waals surface area contributed by atoms with Gasteiger partial charge in [-0.3, -0.25) is 0 Å². The number of aliphatic hydroxyl groups excluding tert-OH is 1. The molecule has 0 aliphatic heterocycles. The van der Waals surface area contributed by atoms with Gasteiger partial charge in [0.25, 0.3) is 0 Å². The Kier molecular flexibility index (Phi) is 14.3. The summed E-state index contributed by atoms with van der Waals surface area (Å²) in [5.74, 6) is -1.06. The fourth-order valence-corrected chi connectivity index (χ4v) is 0.300. The maximum atomic E-state index is 9.68. The lowest BCUT2D eigenvalue weighted by molar-refractivity contribution is -0.306. The first-order valence-corrected chi connectivity index (χ1v) is 3.57. The fraction of sp³-hybridized carbons (Fsp3) is 0.857. The van der Waals surface area contributed by atoms with Crippen molar-refractivity contribution in [3.63, 3.8) is 0 Å². The van der Waals surface area contributed by atoms with E-state index in [1.54, 1.807) is 6.92 Å². The van der Waals surface area contributed by atoms with E-state index in [2.05, 4.69) is 0 Å². The van der Waals surface area contributed by atoms with E-state index < -0.39 is 5.97 Å². The Labute approximate surface area is 66.8 Å². The maximum absolute atomic E-state index is 9.68. The molecule has 0 unspecified atom stereocenters. The number of carboxylic acid groups (broad SMARTS) is 1. The Morgan fingerprint density at radius 1 is 1.55 bits per heavy atom. The molecule has 0 aromatic heterocycles. The summed E-state index contributed by atoms with van der Waals surface area (Å²) in [6.45, 7) is 4.57. The van der Waals surface area contributed by atoms with Crippen LogP contribution in [0.25, 0.3) is 0 Å². The second kappa shape index (κ2) is 12.1. The van der Waals surface area contributed by atoms with Gasteiger partial charge in [0.1, 0.15) is 0 Å². The molecule has 0 aliphatic carbocycles. The van der Waals surface area contributed by atoms with E-state index in [0.29, 0.717) is 6.61 Å². The Hall–Kier alpha value is -0.610. The Morgan fingerprint density at radius 2 is 2.00 bits per heavy atom. The number of hydrogen-bond donors (Lipinski definition) is 1. The smallest absolute Gasteiger partial charge is 0.0518 e. The highest BCUT2D eigenvalue weighted by molar-refractivity contribution is 5.64. The van der Waals surface area contributed by atoms with Crippen molar-refractivity contribution in [2.24, 2.45) is 0 Å². The molecule has 0 amide bonds. The summed E-state index contributed by atoms with van der Waals surface area (Å²) in [5.41, 5.74) is 0. The number of carboxylic acids is 1. The summed E-state index contributed by atoms with van der Waals surface area (Å²) in [6.07, 6.45) is -0.00611. The molecule has 1 N–H and O–H groups in total. The van der Waals surface area contributed by atoms with Gasteiger partial charge in [-0.1, -0.05) is 0 Å². The third-order valence-corrected chi connectivity index (χ3v) is 0.655. The summed E-state index contributed by atoms with van der Waals surface area (Å²) in [4.78, 5) is 9.68. The van der Waals surface area contributed by atoms with Crippen LogP contribution in [-0.2, 0) is 9.53 Å². The molecule has 0 aliphatic rings. The molecule has 0 heterocycles. The van der Waals surface area contributed by atoms with Crippen molar-refractivity contribution in [1.82, 2.24) is 0 Å². The molecule has 0 fully saturated rings. The lowest BCUT2D eigenvalue weighted by Gasteiger charge is -1.99. The van der Waals surface area contributed by atoms with E-state index in [-0.39, 0.29) is 19.6 Å². The van der Waals surface area contributed by atoms with Crippen molar-refractivity contribution in [2.45, 2.75) is 20.3 Å². The first kappa shape index (κ1) is 13.0. The van der Waals surface area contributed by atoms with Crippen molar-refractivity contribution in [3.05, 3.63) is 0 Å². The fourth-order valence-electron chi connectivity index (χ4n) is 0.300. The van der Waals surface area contributed by atoms with Gasteiger partial charge < -0.3 is 19.7 Å². The molecule has 68 valence electrons. The Morgan fingerprint density at radius 3 is 2.27 bits per heavy atom. The van der Waals surface area contributed by atoms with Gasteiger partial charge in [-0.15, -0.1) is 0 Å². The van der Waals surface area contributed by atoms with Gasteiger partial charge in [-0.05, 0) is 13.8 Å². The molecule has 0 radical (unpaired) electrons. The number of carbonyl (C=O) groups excluding carboxylic acids is 1. The topological polar surface area (TPSA) is 69.6 Å². The van der Waals surface area contributed by atoms with Crippen molar-refractivity contribution in [2.75, 3.05) is 19.8 Å². The van der Waals surface area contributed by atoms with Gasteiger partial charge in [-0.2, -0.15) is 0 Å². The zero-order chi connectivity index (χ0) is 9.11. The van der Waals surface area contributed by atoms with Crippen LogP contribution in [0.15, 0.2) is 0 Å². The summed E-state index contributed by atoms with van der Waals surface area (Å²) in [7, 11) is 0. The molecule has 0 bridgehead atoms. The number of rotatable bonds is 4. The predicted molar refractivity (Wildman–Crippen MR) is 38.9 cm³/mol. The zero-order valence-electron chi connectivity index (χ0n) is 7.00. The van der Waals surface area contributed by atoms with Crippen molar-refractivity contribution < 1.29 is 19.7 Å². The largest absolute Gasteiger partial charge is 0.550 e. The standard InChI is InChI=1S/C5H10O3.C2H6O/c1-2-8-4-3-5(6)7;1-2-3/h2-4H2,1H3,(H,6,7);3H,2H2,1H3/p-1. The number of ether oxygens (including phenoxy) is 1. The van der Waals surface area contributed by atoms with Crippen LogP contribution in [0.1, 0.15) is 20.3 Å². The van der Waals surface area contributed by atoms with Crippen molar-refractivity contribution in [3.8, 4) is 0 Å². The van der Waals surface area contributed by atoms with Crippen LogP contribution in [0, 0.1) is 0 Å². The molecular formula is C7H15O4-. The number of aliphatic hydroxyl groups is 1. The van der Waals surface area contributed by atoms with Gasteiger partial charge in [0, 0.05) is 25.6 Å². The summed E-state index contributed by atoms with van der Waals surface area (Å²) < 4.78 is 4.72. The average Bonchev–Trinajstić information content (AvgIpc) is 1.89. The molecular weight excluding hydrogens is 148 g/mol. The molecule has 4 nitrogen and oxygen atoms in total. The first-order valence-electron chi connectivity index (χ1n) is 3.57. The third-order valence-electron chi connectivity index (χ3n) is 0.655. The van der Waals surface area contributed by atoms with Crippen LogP contribution < -0.4 is 5.11 Å². The lowest BCUT2D eigenvalue weighted by atomic mass is 10.5. The predicted octanol–water partition coefficient (Wildman–Crippen LogP) is -0.839. The van der Waals surface area contributed by atoms with Crippen molar-refractivity contribution >= 4 is 5.97 Å². The molecule has 0 saturated carbocycles. The van der Waals surface area contributed by atoms with Crippen LogP contribution in [0.3, 0.4) is 0 Å². The van der Waals surface area contributed by atoms with E-state index in [0.717, 1.165) is 0 Å². The highest BCUT2D eigenvalue weighted by atomic mass is 16.5. The Balaban J connectivity index is 0. The van der Waals surface area contributed by atoms with E-state index in [9.17, 15) is 9.90 Å². The minimum absolute atomic E-state index is 0.00611. The van der Waals surface area contributed by atoms with Gasteiger partial charge in [0.2, 0.25) is 0 Å². The summed E-state index contributed by atoms with van der Waals surface area (Å²) in [6, 6.07) is 0. The monoisotopic (exact) mass is 163 g/mol. The van der Waals surface area contributed by atoms with E-state index in [1.807, 2.05) is 6.92 Å². The van der Waals surface area contributed by atoms with Crippen LogP contribution in [0.2, 0.25) is 0 Å². The number of carbonyl (C=O) groups is 1. The van der Waals surface area contributed by atoms with Crippen LogP contribution in [0.5, 0.6) is 0 Å². The van der Waals surface area contributed by atoms with E-state index in [1.165, 1.54) is 0 Å². The number of aliphatic carboxylic acids is 1. The summed E-state index contributed by atoms with van der Waals surface area (Å²) >= 11 is 0. The highest BCUT2D eigenvalue weighted by Gasteiger charge is 1.83. The third kappa shape index (κ3) is 26.6. The molecule has 0 aromatic rings. The van der Waals surface area contributed by atoms with Gasteiger partial charge in [-0.25, -0.2) is 0 Å². The van der Waals surface area contributed by atoms with Crippen LogP contribution in [0.4, 0.5) is 0 Å². The lowest BCUT2D eigenvalue weighted by Crippen LogP contribution is -2.23. The normalized spacial score (nSPS) is 8.27. The first-order chi connectivity index (χ1) is 5.18. The van der Waals surface area contributed by atoms with Gasteiger partial charge in [0.15, 0.2) is 0 Å². The second-order valence-corrected chi connectivity index (χ2v) is 1.64. The quantitative estimate of drug-likeness (QED) is 0.549. The molecule has 11 heavy (non-hydrogen) atoms. The molecule has 0 atom stereocenters. The van der Waals surface area contributed by atoms with E-state index in [4.69, 9.17) is 9.84 Å². The van der Waals surface area contributed by atoms with Crippen molar-refractivity contribution in [1.29, 1.82) is 0 Å². The summed E-state index contributed by atoms with van der Waals surface area (Å²) in [5, 5.41) is 17.3. The Bertz CT molecular complexity index is 82.5. The zero-order valence-corrected chi connectivity index (χ0v) is 7.00. The average molecular weight is 163 g/mol. The molecule has 4 heteroatoms. The minimum atomic E-state index is -1.06. The minimum Gasteiger partial charge on any atom is -0.550 e. The number of hydrogen-bond acceptors (Lipinski definition) is 4.